The fourth-order valence-corrected chi connectivity index (χ4v) is 0. The van der Waals surface area contributed by atoms with E-state index in [0.717, 1.165) is 6.92 Å². The molecule has 0 heterocycles. The number of hydrogen-bond donors (Lipinski definition) is 4. The third kappa shape index (κ3) is 174. The average molecular weight is 174 g/mol. The Kier molecular flexibility index (Phi) is 72.2. The first kappa shape index (κ1) is 33.7. The standard InChI is InChI=1S/C2H4O2.NO3.3H3N/c1-2(3)4;2-1(3)4;;;/h1H3,(H,3,4);;3*1H3/q;-1;;;/p+1. The first-order valence-corrected chi connectivity index (χ1v) is 1.48. The van der Waals surface area contributed by atoms with Gasteiger partial charge in [0.2, 0.25) is 0 Å². The van der Waals surface area contributed by atoms with Gasteiger partial charge in [-0.25, -0.2) is 0 Å². The lowest BCUT2D eigenvalue weighted by Crippen LogP contribution is -1.78. The number of carboxylic acids is 1. The molecule has 0 saturated carbocycles. The predicted octanol–water partition coefficient (Wildman–Crippen LogP) is 0.552. The summed E-state index contributed by atoms with van der Waals surface area (Å²) < 4.78 is 0. The third-order valence-corrected chi connectivity index (χ3v) is 0. The van der Waals surface area contributed by atoms with Crippen molar-refractivity contribution in [3.05, 3.63) is 15.3 Å². The molecule has 0 saturated heterocycles. The molecule has 0 atom stereocenters. The predicted molar refractivity (Wildman–Crippen MR) is 39.7 cm³/mol. The number of hydrogen-bond acceptors (Lipinski definition) is 6. The van der Waals surface area contributed by atoms with E-state index in [2.05, 4.69) is 0 Å². The highest BCUT2D eigenvalue weighted by atomic mass is 16.9. The summed E-state index contributed by atoms with van der Waals surface area (Å²) in [6.07, 6.45) is 0. The van der Waals surface area contributed by atoms with Gasteiger partial charge < -0.3 is 38.9 Å². The Labute approximate surface area is 62.9 Å². The first-order valence-electron chi connectivity index (χ1n) is 1.48. The molecular formula is C2H14N4O5. The van der Waals surface area contributed by atoms with Crippen LogP contribution >= 0.6 is 0 Å². The summed E-state index contributed by atoms with van der Waals surface area (Å²) >= 11 is 0. The molecule has 11 N–H and O–H groups in total. The lowest BCUT2D eigenvalue weighted by atomic mass is 10.9. The van der Waals surface area contributed by atoms with E-state index >= 15 is 0 Å². The van der Waals surface area contributed by atoms with E-state index in [1.165, 1.54) is 0 Å². The smallest absolute Gasteiger partial charge is 0.300 e. The maximum atomic E-state index is 9.00. The first-order chi connectivity index (χ1) is 3.46. The van der Waals surface area contributed by atoms with Gasteiger partial charge in [0.25, 0.3) is 5.97 Å². The van der Waals surface area contributed by atoms with Crippen molar-refractivity contribution >= 4 is 5.97 Å². The van der Waals surface area contributed by atoms with Gasteiger partial charge in [0.05, 0.1) is 5.09 Å². The van der Waals surface area contributed by atoms with Crippen molar-refractivity contribution < 1.29 is 15.0 Å². The molecule has 0 aromatic heterocycles. The normalized spacial score (nSPS) is 4.45. The highest BCUT2D eigenvalue weighted by molar-refractivity contribution is 5.62. The van der Waals surface area contributed by atoms with E-state index in [4.69, 9.17) is 25.2 Å². The third-order valence-electron chi connectivity index (χ3n) is 0. The average Bonchev–Trinajstić information content (AvgIpc) is 1.25. The molecule has 0 radical (unpaired) electrons. The highest BCUT2D eigenvalue weighted by Gasteiger charge is 1.65. The van der Waals surface area contributed by atoms with Crippen molar-refractivity contribution in [2.75, 3.05) is 0 Å². The Hall–Kier alpha value is -1.45. The quantitative estimate of drug-likeness (QED) is 0.302. The molecule has 72 valence electrons. The summed E-state index contributed by atoms with van der Waals surface area (Å²) in [6.45, 7) is 1.08. The Balaban J connectivity index is -0.0000000171. The van der Waals surface area contributed by atoms with Gasteiger partial charge in [-0.2, -0.15) is 0 Å². The summed E-state index contributed by atoms with van der Waals surface area (Å²) in [7, 11) is 0. The fourth-order valence-electron chi connectivity index (χ4n) is 0. The molecule has 0 aliphatic heterocycles. The SMILES string of the molecule is CC(=O)O.N.N.O=[N+]([O-])[O-].[NH4+]. The monoisotopic (exact) mass is 174 g/mol. The van der Waals surface area contributed by atoms with E-state index in [1.807, 2.05) is 0 Å². The van der Waals surface area contributed by atoms with Crippen molar-refractivity contribution in [3.63, 3.8) is 0 Å². The largest absolute Gasteiger partial charge is 0.481 e. The minimum Gasteiger partial charge on any atom is -0.481 e. The maximum absolute atomic E-state index is 9.00. The van der Waals surface area contributed by atoms with Crippen LogP contribution in [0, 0.1) is 15.3 Å². The Bertz CT molecular complexity index is 74.5. The lowest BCUT2D eigenvalue weighted by Gasteiger charge is -1.74. The summed E-state index contributed by atoms with van der Waals surface area (Å²) in [6, 6.07) is 0. The van der Waals surface area contributed by atoms with E-state index < -0.39 is 11.1 Å². The molecule has 0 unspecified atom stereocenters. The molecule has 9 nitrogen and oxygen atoms in total. The second-order valence-electron chi connectivity index (χ2n) is 0.743. The van der Waals surface area contributed by atoms with Gasteiger partial charge in [-0.15, -0.1) is 0 Å². The fraction of sp³-hybridized carbons (Fsp3) is 0.500. The second-order valence-corrected chi connectivity index (χ2v) is 0.743. The van der Waals surface area contributed by atoms with Gasteiger partial charge in [-0.3, -0.25) is 4.79 Å². The van der Waals surface area contributed by atoms with Gasteiger partial charge in [0.1, 0.15) is 0 Å². The number of rotatable bonds is 0. The zero-order valence-electron chi connectivity index (χ0n) is 6.44. The molecule has 0 aromatic carbocycles. The van der Waals surface area contributed by atoms with Crippen molar-refractivity contribution in [2.45, 2.75) is 6.92 Å². The van der Waals surface area contributed by atoms with Gasteiger partial charge in [0.15, 0.2) is 0 Å². The van der Waals surface area contributed by atoms with Gasteiger partial charge in [0, 0.05) is 6.92 Å². The van der Waals surface area contributed by atoms with Crippen LogP contribution in [0.2, 0.25) is 0 Å². The number of aliphatic carboxylic acids is 1. The Morgan fingerprint density at radius 3 is 1.36 bits per heavy atom. The van der Waals surface area contributed by atoms with Gasteiger partial charge in [-0.05, 0) is 0 Å². The maximum Gasteiger partial charge on any atom is 0.300 e. The van der Waals surface area contributed by atoms with Crippen LogP contribution in [-0.2, 0) is 4.79 Å². The van der Waals surface area contributed by atoms with E-state index in [0.29, 0.717) is 0 Å². The molecule has 0 rings (SSSR count). The van der Waals surface area contributed by atoms with E-state index in [1.54, 1.807) is 0 Å². The number of quaternary nitrogens is 1. The molecule has 0 spiro atoms. The minimum atomic E-state index is -1.75. The number of carboxylic acid groups (broad SMARTS) is 1. The number of nitrogens with zero attached hydrogens (tertiary/aromatic N) is 1. The summed E-state index contributed by atoms with van der Waals surface area (Å²) in [5, 5.41) is 22.2. The van der Waals surface area contributed by atoms with Crippen molar-refractivity contribution in [2.24, 2.45) is 0 Å². The van der Waals surface area contributed by atoms with Crippen LogP contribution in [0.25, 0.3) is 0 Å². The minimum absolute atomic E-state index is 0. The zero-order valence-corrected chi connectivity index (χ0v) is 6.44. The highest BCUT2D eigenvalue weighted by Crippen LogP contribution is 1.44. The van der Waals surface area contributed by atoms with Crippen molar-refractivity contribution in [1.29, 1.82) is 0 Å². The molecule has 0 fully saturated rings. The molecule has 0 aliphatic rings. The van der Waals surface area contributed by atoms with Crippen LogP contribution in [0.1, 0.15) is 6.92 Å². The van der Waals surface area contributed by atoms with Crippen LogP contribution in [0.5, 0.6) is 0 Å². The lowest BCUT2D eigenvalue weighted by molar-refractivity contribution is -0.402. The second kappa shape index (κ2) is 23.5. The van der Waals surface area contributed by atoms with Crippen LogP contribution < -0.4 is 18.5 Å². The van der Waals surface area contributed by atoms with Crippen molar-refractivity contribution in [1.82, 2.24) is 18.5 Å². The summed E-state index contributed by atoms with van der Waals surface area (Å²) in [5.41, 5.74) is 0. The van der Waals surface area contributed by atoms with E-state index in [9.17, 15) is 0 Å². The van der Waals surface area contributed by atoms with Crippen LogP contribution in [0.15, 0.2) is 0 Å². The zero-order chi connectivity index (χ0) is 7.15. The number of carbonyl (C=O) groups is 1. The van der Waals surface area contributed by atoms with E-state index in [-0.39, 0.29) is 18.5 Å². The summed E-state index contributed by atoms with van der Waals surface area (Å²) in [4.78, 5) is 17.2. The molecule has 0 bridgehead atoms. The van der Waals surface area contributed by atoms with Crippen LogP contribution in [-0.4, -0.2) is 16.2 Å². The Morgan fingerprint density at radius 2 is 1.36 bits per heavy atom. The molecule has 0 aromatic rings. The summed E-state index contributed by atoms with van der Waals surface area (Å²) in [5.74, 6) is -0.833. The molecule has 9 heteroatoms. The molecule has 0 amide bonds. The van der Waals surface area contributed by atoms with Crippen LogP contribution in [0.4, 0.5) is 0 Å². The molecular weight excluding hydrogens is 160 g/mol. The van der Waals surface area contributed by atoms with Gasteiger partial charge in [-0.1, -0.05) is 0 Å². The molecule has 0 aliphatic carbocycles. The van der Waals surface area contributed by atoms with Crippen molar-refractivity contribution in [3.8, 4) is 0 Å². The topological polar surface area (TPSA) is 210 Å². The van der Waals surface area contributed by atoms with Gasteiger partial charge >= 0.3 is 0 Å². The molecule has 11 heavy (non-hydrogen) atoms. The Morgan fingerprint density at radius 1 is 1.36 bits per heavy atom. The van der Waals surface area contributed by atoms with Crippen LogP contribution in [0.3, 0.4) is 0 Å².